The van der Waals surface area contributed by atoms with Crippen LogP contribution in [-0.4, -0.2) is 21.4 Å². The molecule has 0 bridgehead atoms. The Labute approximate surface area is 116 Å². The quantitative estimate of drug-likeness (QED) is 0.843. The zero-order chi connectivity index (χ0) is 13.7. The second kappa shape index (κ2) is 6.29. The predicted molar refractivity (Wildman–Crippen MR) is 77.6 cm³/mol. The molecule has 4 nitrogen and oxygen atoms in total. The first-order chi connectivity index (χ1) is 9.17. The first-order valence-corrected chi connectivity index (χ1v) is 6.41. The monoisotopic (exact) mass is 278 g/mol. The number of rotatable bonds is 4. The minimum atomic E-state index is -0.234. The van der Waals surface area contributed by atoms with Gasteiger partial charge >= 0.3 is 0 Å². The Morgan fingerprint density at radius 1 is 1.32 bits per heavy atom. The number of aromatic nitrogens is 2. The highest BCUT2D eigenvalue weighted by Gasteiger charge is 2.02. The van der Waals surface area contributed by atoms with Crippen molar-refractivity contribution < 1.29 is 4.39 Å². The molecule has 0 radical (unpaired) electrons. The molecule has 0 unspecified atom stereocenters. The number of thiocarbonyl (C=S) groups is 1. The number of anilines is 1. The summed E-state index contributed by atoms with van der Waals surface area (Å²) in [6.07, 6.45) is 1.85. The molecule has 19 heavy (non-hydrogen) atoms. The van der Waals surface area contributed by atoms with E-state index in [1.807, 2.05) is 19.2 Å². The summed E-state index contributed by atoms with van der Waals surface area (Å²) in [5.74, 6) is 0.454. The highest BCUT2D eigenvalue weighted by molar-refractivity contribution is 7.80. The Bertz CT molecular complexity index is 550. The Morgan fingerprint density at radius 2 is 2.05 bits per heavy atom. The van der Waals surface area contributed by atoms with Crippen LogP contribution in [0.1, 0.15) is 12.5 Å². The first-order valence-electron chi connectivity index (χ1n) is 6.00. The molecule has 1 heterocycles. The van der Waals surface area contributed by atoms with Gasteiger partial charge in [0, 0.05) is 18.8 Å². The summed E-state index contributed by atoms with van der Waals surface area (Å²) in [5, 5.41) is 10.9. The van der Waals surface area contributed by atoms with Crippen molar-refractivity contribution in [3.8, 4) is 0 Å². The van der Waals surface area contributed by atoms with Gasteiger partial charge in [-0.1, -0.05) is 12.1 Å². The molecule has 0 aliphatic rings. The third-order valence-electron chi connectivity index (χ3n) is 2.48. The number of hydrogen-bond donors (Lipinski definition) is 2. The largest absolute Gasteiger partial charge is 0.363 e. The van der Waals surface area contributed by atoms with Crippen LogP contribution >= 0.6 is 12.2 Å². The maximum Gasteiger partial charge on any atom is 0.171 e. The van der Waals surface area contributed by atoms with Crippen LogP contribution in [0.15, 0.2) is 36.5 Å². The molecule has 0 saturated carbocycles. The average molecular weight is 278 g/mol. The molecule has 100 valence electrons. The van der Waals surface area contributed by atoms with Gasteiger partial charge in [0.15, 0.2) is 10.9 Å². The Balaban J connectivity index is 1.97. The van der Waals surface area contributed by atoms with E-state index in [1.165, 1.54) is 12.1 Å². The van der Waals surface area contributed by atoms with Crippen LogP contribution in [0.5, 0.6) is 0 Å². The van der Waals surface area contributed by atoms with Gasteiger partial charge in [-0.25, -0.2) is 4.39 Å². The second-order valence-electron chi connectivity index (χ2n) is 4.01. The van der Waals surface area contributed by atoms with Gasteiger partial charge in [-0.2, -0.15) is 5.10 Å². The van der Waals surface area contributed by atoms with Crippen LogP contribution in [0.2, 0.25) is 0 Å². The van der Waals surface area contributed by atoms with Crippen LogP contribution in [-0.2, 0) is 6.54 Å². The fourth-order valence-corrected chi connectivity index (χ4v) is 1.86. The van der Waals surface area contributed by atoms with Crippen molar-refractivity contribution in [2.24, 2.45) is 0 Å². The van der Waals surface area contributed by atoms with Gasteiger partial charge in [0.2, 0.25) is 0 Å². The van der Waals surface area contributed by atoms with E-state index in [0.29, 0.717) is 17.5 Å². The summed E-state index contributed by atoms with van der Waals surface area (Å²) >= 11 is 5.08. The van der Waals surface area contributed by atoms with E-state index >= 15 is 0 Å². The maximum absolute atomic E-state index is 12.8. The Hall–Kier alpha value is -1.95. The number of nitrogens with one attached hydrogen (secondary N) is 2. The molecule has 6 heteroatoms. The van der Waals surface area contributed by atoms with Crippen molar-refractivity contribution in [2.45, 2.75) is 13.5 Å². The lowest BCUT2D eigenvalue weighted by Gasteiger charge is -2.05. The van der Waals surface area contributed by atoms with E-state index in [1.54, 1.807) is 16.8 Å². The van der Waals surface area contributed by atoms with Crippen LogP contribution in [0.4, 0.5) is 10.2 Å². The fraction of sp³-hybridized carbons (Fsp3) is 0.231. The number of benzene rings is 1. The van der Waals surface area contributed by atoms with Gasteiger partial charge in [0.05, 0.1) is 6.54 Å². The fourth-order valence-electron chi connectivity index (χ4n) is 1.61. The summed E-state index contributed by atoms with van der Waals surface area (Å²) in [7, 11) is 0. The normalized spacial score (nSPS) is 10.2. The Morgan fingerprint density at radius 3 is 2.74 bits per heavy atom. The zero-order valence-corrected chi connectivity index (χ0v) is 11.4. The van der Waals surface area contributed by atoms with Gasteiger partial charge in [-0.3, -0.25) is 4.68 Å². The first kappa shape index (κ1) is 13.5. The van der Waals surface area contributed by atoms with Crippen LogP contribution in [0, 0.1) is 5.82 Å². The standard InChI is InChI=1S/C13H15FN4S/c1-2-15-13(19)16-12-7-8-18(17-12)9-10-3-5-11(14)6-4-10/h3-8H,2,9H2,1H3,(H2,15,16,17,19). The maximum atomic E-state index is 12.8. The van der Waals surface area contributed by atoms with Gasteiger partial charge in [0.25, 0.3) is 0 Å². The molecule has 1 aromatic carbocycles. The minimum absolute atomic E-state index is 0.234. The van der Waals surface area contributed by atoms with Crippen molar-refractivity contribution in [3.63, 3.8) is 0 Å². The third kappa shape index (κ3) is 4.03. The minimum Gasteiger partial charge on any atom is -0.363 e. The summed E-state index contributed by atoms with van der Waals surface area (Å²) in [5.41, 5.74) is 0.991. The van der Waals surface area contributed by atoms with Crippen molar-refractivity contribution in [1.29, 1.82) is 0 Å². The molecular formula is C13H15FN4S. The predicted octanol–water partition coefficient (Wildman–Crippen LogP) is 2.38. The smallest absolute Gasteiger partial charge is 0.171 e. The molecule has 0 atom stereocenters. The van der Waals surface area contributed by atoms with Crippen molar-refractivity contribution >= 4 is 23.1 Å². The molecule has 1 aromatic heterocycles. The molecule has 2 aromatic rings. The lowest BCUT2D eigenvalue weighted by Crippen LogP contribution is -2.28. The van der Waals surface area contributed by atoms with Crippen molar-refractivity contribution in [1.82, 2.24) is 15.1 Å². The number of nitrogens with zero attached hydrogens (tertiary/aromatic N) is 2. The SMILES string of the molecule is CCNC(=S)Nc1ccn(Cc2ccc(F)cc2)n1. The van der Waals surface area contributed by atoms with E-state index in [2.05, 4.69) is 15.7 Å². The van der Waals surface area contributed by atoms with E-state index in [4.69, 9.17) is 12.2 Å². The zero-order valence-electron chi connectivity index (χ0n) is 10.6. The highest BCUT2D eigenvalue weighted by Crippen LogP contribution is 2.07. The van der Waals surface area contributed by atoms with Crippen LogP contribution < -0.4 is 10.6 Å². The van der Waals surface area contributed by atoms with Crippen LogP contribution in [0.25, 0.3) is 0 Å². The molecule has 0 aliphatic carbocycles. The number of halogens is 1. The average Bonchev–Trinajstić information content (AvgIpc) is 2.80. The second-order valence-corrected chi connectivity index (χ2v) is 4.42. The lowest BCUT2D eigenvalue weighted by atomic mass is 10.2. The molecule has 0 saturated heterocycles. The lowest BCUT2D eigenvalue weighted by molar-refractivity contribution is 0.624. The molecule has 0 fully saturated rings. The van der Waals surface area contributed by atoms with E-state index in [-0.39, 0.29) is 5.82 Å². The van der Waals surface area contributed by atoms with E-state index in [0.717, 1.165) is 12.1 Å². The number of hydrogen-bond acceptors (Lipinski definition) is 2. The molecule has 0 aliphatic heterocycles. The van der Waals surface area contributed by atoms with E-state index < -0.39 is 0 Å². The molecule has 2 rings (SSSR count). The summed E-state index contributed by atoms with van der Waals surface area (Å²) in [6, 6.07) is 8.21. The van der Waals surface area contributed by atoms with Gasteiger partial charge in [-0.05, 0) is 36.8 Å². The van der Waals surface area contributed by atoms with Crippen molar-refractivity contribution in [2.75, 3.05) is 11.9 Å². The molecular weight excluding hydrogens is 263 g/mol. The molecule has 0 amide bonds. The highest BCUT2D eigenvalue weighted by atomic mass is 32.1. The molecule has 0 spiro atoms. The summed E-state index contributed by atoms with van der Waals surface area (Å²) in [4.78, 5) is 0. The Kier molecular flexibility index (Phi) is 4.46. The van der Waals surface area contributed by atoms with E-state index in [9.17, 15) is 4.39 Å². The van der Waals surface area contributed by atoms with Crippen LogP contribution in [0.3, 0.4) is 0 Å². The summed E-state index contributed by atoms with van der Waals surface area (Å²) < 4.78 is 14.6. The van der Waals surface area contributed by atoms with Crippen molar-refractivity contribution in [3.05, 3.63) is 47.9 Å². The molecule has 2 N–H and O–H groups in total. The van der Waals surface area contributed by atoms with Gasteiger partial charge in [-0.15, -0.1) is 0 Å². The third-order valence-corrected chi connectivity index (χ3v) is 2.72. The van der Waals surface area contributed by atoms with Gasteiger partial charge < -0.3 is 10.6 Å². The van der Waals surface area contributed by atoms with Gasteiger partial charge in [0.1, 0.15) is 5.82 Å². The summed E-state index contributed by atoms with van der Waals surface area (Å²) in [6.45, 7) is 3.33. The topological polar surface area (TPSA) is 41.9 Å².